The van der Waals surface area contributed by atoms with Crippen molar-refractivity contribution in [2.45, 2.75) is 13.3 Å². The van der Waals surface area contributed by atoms with E-state index in [1.54, 1.807) is 6.92 Å². The third-order valence-corrected chi connectivity index (χ3v) is 3.99. The molecule has 1 aromatic rings. The Morgan fingerprint density at radius 2 is 1.96 bits per heavy atom. The summed E-state index contributed by atoms with van der Waals surface area (Å²) >= 11 is 0. The van der Waals surface area contributed by atoms with Crippen molar-refractivity contribution in [3.05, 3.63) is 17.9 Å². The van der Waals surface area contributed by atoms with Crippen LogP contribution in [-0.2, 0) is 4.79 Å². The molecule has 0 spiro atoms. The molecule has 1 atom stereocenters. The lowest BCUT2D eigenvalue weighted by molar-refractivity contribution is -0.146. The molecule has 23 heavy (non-hydrogen) atoms. The zero-order valence-electron chi connectivity index (χ0n) is 13.2. The number of halogens is 1. The number of carboxylic acids is 1. The maximum absolute atomic E-state index is 13.8. The highest BCUT2D eigenvalue weighted by atomic mass is 19.1. The van der Waals surface area contributed by atoms with Gasteiger partial charge in [0.05, 0.1) is 25.3 Å². The first-order chi connectivity index (χ1) is 10.8. The Kier molecular flexibility index (Phi) is 4.63. The molecule has 1 saturated heterocycles. The van der Waals surface area contributed by atoms with Crippen LogP contribution in [0.15, 0.2) is 12.1 Å². The molecule has 2 N–H and O–H groups in total. The first-order valence-corrected chi connectivity index (χ1v) is 7.01. The van der Waals surface area contributed by atoms with E-state index < -0.39 is 23.2 Å². The molecular weight excluding hydrogens is 307 g/mol. The fourth-order valence-electron chi connectivity index (χ4n) is 2.46. The highest BCUT2D eigenvalue weighted by Gasteiger charge is 2.42. The van der Waals surface area contributed by atoms with Gasteiger partial charge >= 0.3 is 12.0 Å². The number of nitrogens with one attached hydrogen (secondary N) is 1. The number of carbonyl (C=O) groups is 2. The van der Waals surface area contributed by atoms with Crippen molar-refractivity contribution in [1.29, 1.82) is 0 Å². The topological polar surface area (TPSA) is 88.1 Å². The number of carbonyl (C=O) groups excluding carboxylic acids is 1. The van der Waals surface area contributed by atoms with Crippen molar-refractivity contribution in [2.24, 2.45) is 5.41 Å². The van der Waals surface area contributed by atoms with Gasteiger partial charge in [-0.05, 0) is 13.3 Å². The van der Waals surface area contributed by atoms with Crippen LogP contribution in [0.2, 0.25) is 0 Å². The van der Waals surface area contributed by atoms with Gasteiger partial charge in [-0.3, -0.25) is 4.79 Å². The van der Waals surface area contributed by atoms with Crippen molar-refractivity contribution in [1.82, 2.24) is 4.90 Å². The Bertz CT molecular complexity index is 637. The van der Waals surface area contributed by atoms with Gasteiger partial charge in [-0.1, -0.05) is 0 Å². The molecule has 1 unspecified atom stereocenters. The number of nitrogens with zero attached hydrogens (tertiary/aromatic N) is 1. The fourth-order valence-corrected chi connectivity index (χ4v) is 2.46. The fraction of sp³-hybridized carbons (Fsp3) is 0.467. The molecule has 2 amide bonds. The third kappa shape index (κ3) is 3.30. The number of likely N-dealkylation sites (tertiary alicyclic amines) is 1. The lowest BCUT2D eigenvalue weighted by Crippen LogP contribution is -2.37. The number of carboxylic acid groups (broad SMARTS) is 1. The van der Waals surface area contributed by atoms with Crippen LogP contribution >= 0.6 is 0 Å². The Morgan fingerprint density at radius 1 is 1.30 bits per heavy atom. The van der Waals surface area contributed by atoms with E-state index in [0.717, 1.165) is 6.07 Å². The second-order valence-electron chi connectivity index (χ2n) is 5.65. The van der Waals surface area contributed by atoms with Crippen LogP contribution < -0.4 is 14.8 Å². The maximum atomic E-state index is 13.8. The number of aliphatic carboxylic acids is 1. The van der Waals surface area contributed by atoms with E-state index in [-0.39, 0.29) is 23.7 Å². The average Bonchev–Trinajstić information content (AvgIpc) is 2.92. The van der Waals surface area contributed by atoms with Crippen LogP contribution in [0.25, 0.3) is 0 Å². The van der Waals surface area contributed by atoms with E-state index in [4.69, 9.17) is 9.47 Å². The highest BCUT2D eigenvalue weighted by molar-refractivity contribution is 5.92. The molecule has 0 bridgehead atoms. The molecular formula is C15H19FN2O5. The summed E-state index contributed by atoms with van der Waals surface area (Å²) < 4.78 is 23.8. The minimum Gasteiger partial charge on any atom is -0.494 e. The summed E-state index contributed by atoms with van der Waals surface area (Å²) in [6.07, 6.45) is 0.365. The van der Waals surface area contributed by atoms with Crippen LogP contribution in [0, 0.1) is 11.2 Å². The van der Waals surface area contributed by atoms with Gasteiger partial charge in [0, 0.05) is 25.2 Å². The third-order valence-electron chi connectivity index (χ3n) is 3.99. The maximum Gasteiger partial charge on any atom is 0.321 e. The van der Waals surface area contributed by atoms with Crippen molar-refractivity contribution < 1.29 is 28.6 Å². The van der Waals surface area contributed by atoms with Crippen LogP contribution in [0.1, 0.15) is 13.3 Å². The largest absolute Gasteiger partial charge is 0.494 e. The van der Waals surface area contributed by atoms with E-state index in [1.165, 1.54) is 25.2 Å². The SMILES string of the molecule is COc1cc(OC)c(NC(=O)N2CCC(C)(C(=O)O)C2)cc1F. The number of ether oxygens (including phenoxy) is 2. The summed E-state index contributed by atoms with van der Waals surface area (Å²) in [5, 5.41) is 11.7. The van der Waals surface area contributed by atoms with Crippen LogP contribution in [0.3, 0.4) is 0 Å². The molecule has 126 valence electrons. The zero-order chi connectivity index (χ0) is 17.2. The van der Waals surface area contributed by atoms with E-state index in [9.17, 15) is 19.1 Å². The van der Waals surface area contributed by atoms with Crippen molar-refractivity contribution in [2.75, 3.05) is 32.6 Å². The summed E-state index contributed by atoms with van der Waals surface area (Å²) in [5.74, 6) is -1.34. The second kappa shape index (κ2) is 6.31. The lowest BCUT2D eigenvalue weighted by Gasteiger charge is -2.21. The van der Waals surface area contributed by atoms with Gasteiger partial charge < -0.3 is 24.8 Å². The quantitative estimate of drug-likeness (QED) is 0.885. The molecule has 7 nitrogen and oxygen atoms in total. The highest BCUT2D eigenvalue weighted by Crippen LogP contribution is 2.34. The van der Waals surface area contributed by atoms with Gasteiger partial charge in [-0.2, -0.15) is 0 Å². The standard InChI is InChI=1S/C15H19FN2O5/c1-15(13(19)20)4-5-18(8-15)14(21)17-10-6-9(16)11(22-2)7-12(10)23-3/h6-7H,4-5,8H2,1-3H3,(H,17,21)(H,19,20). The number of methoxy groups -OCH3 is 2. The van der Waals surface area contributed by atoms with Crippen LogP contribution in [-0.4, -0.2) is 49.3 Å². The normalized spacial score (nSPS) is 20.3. The molecule has 2 rings (SSSR count). The van der Waals surface area contributed by atoms with Crippen LogP contribution in [0.5, 0.6) is 11.5 Å². The Hall–Kier alpha value is -2.51. The average molecular weight is 326 g/mol. The Morgan fingerprint density at radius 3 is 2.48 bits per heavy atom. The minimum absolute atomic E-state index is 0.000487. The summed E-state index contributed by atoms with van der Waals surface area (Å²) in [5.41, 5.74) is -0.813. The monoisotopic (exact) mass is 326 g/mol. The van der Waals surface area contributed by atoms with Gasteiger partial charge in [0.1, 0.15) is 5.75 Å². The van der Waals surface area contributed by atoms with Crippen molar-refractivity contribution >= 4 is 17.7 Å². The Balaban J connectivity index is 2.15. The van der Waals surface area contributed by atoms with Gasteiger partial charge in [-0.25, -0.2) is 9.18 Å². The summed E-state index contributed by atoms with van der Waals surface area (Å²) in [4.78, 5) is 24.9. The van der Waals surface area contributed by atoms with Crippen molar-refractivity contribution in [3.8, 4) is 11.5 Å². The van der Waals surface area contributed by atoms with E-state index in [1.807, 2.05) is 0 Å². The lowest BCUT2D eigenvalue weighted by atomic mass is 9.90. The molecule has 1 aromatic carbocycles. The van der Waals surface area contributed by atoms with E-state index in [2.05, 4.69) is 5.32 Å². The first-order valence-electron chi connectivity index (χ1n) is 7.01. The minimum atomic E-state index is -0.966. The summed E-state index contributed by atoms with van der Waals surface area (Å²) in [6.45, 7) is 2.00. The van der Waals surface area contributed by atoms with Gasteiger partial charge in [0.25, 0.3) is 0 Å². The van der Waals surface area contributed by atoms with E-state index >= 15 is 0 Å². The first kappa shape index (κ1) is 16.9. The predicted molar refractivity (Wildman–Crippen MR) is 80.5 cm³/mol. The summed E-state index contributed by atoms with van der Waals surface area (Å²) in [7, 11) is 2.72. The molecule has 0 saturated carbocycles. The number of anilines is 1. The second-order valence-corrected chi connectivity index (χ2v) is 5.65. The molecule has 0 radical (unpaired) electrons. The molecule has 8 heteroatoms. The van der Waals surface area contributed by atoms with Crippen molar-refractivity contribution in [3.63, 3.8) is 0 Å². The molecule has 1 heterocycles. The molecule has 1 aliphatic heterocycles. The smallest absolute Gasteiger partial charge is 0.321 e. The molecule has 1 aliphatic rings. The summed E-state index contributed by atoms with van der Waals surface area (Å²) in [6, 6.07) is 1.93. The number of benzene rings is 1. The zero-order valence-corrected chi connectivity index (χ0v) is 13.2. The Labute approximate surface area is 133 Å². The van der Waals surface area contributed by atoms with Gasteiger partial charge in [0.2, 0.25) is 0 Å². The number of hydrogen-bond acceptors (Lipinski definition) is 4. The molecule has 0 aliphatic carbocycles. The number of amides is 2. The number of urea groups is 1. The van der Waals surface area contributed by atoms with E-state index in [0.29, 0.717) is 13.0 Å². The number of rotatable bonds is 4. The van der Waals surface area contributed by atoms with Gasteiger partial charge in [-0.15, -0.1) is 0 Å². The van der Waals surface area contributed by atoms with Crippen LogP contribution in [0.4, 0.5) is 14.9 Å². The predicted octanol–water partition coefficient (Wildman–Crippen LogP) is 2.17. The van der Waals surface area contributed by atoms with Gasteiger partial charge in [0.15, 0.2) is 11.6 Å². The number of hydrogen-bond donors (Lipinski definition) is 2. The molecule has 1 fully saturated rings. The molecule has 0 aromatic heterocycles.